The Morgan fingerprint density at radius 3 is 2.10 bits per heavy atom. The number of esters is 2. The number of hydrogen-bond acceptors (Lipinski definition) is 7. The zero-order chi connectivity index (χ0) is 37.7. The average molecular weight is 737 g/mol. The first kappa shape index (κ1) is 45.4. The summed E-state index contributed by atoms with van der Waals surface area (Å²) in [5.41, 5.74) is 1.05. The van der Waals surface area contributed by atoms with Crippen LogP contribution >= 0.6 is 0 Å². The smallest absolute Gasteiger partial charge is 0.310 e. The van der Waals surface area contributed by atoms with Crippen molar-refractivity contribution < 1.29 is 32.3 Å². The van der Waals surface area contributed by atoms with Crippen molar-refractivity contribution in [2.24, 2.45) is 5.92 Å². The standard InChI is InChI=1S/C39H72O7Si3/c1-16-20-27-39(9,46-47(11,12)13)28-23-26-34-33(25-22-21-24-32(43-31(5)40)29-37(41)42-10)35(44-48(14,15)38(6,7)8)30-36(34)45-49(17-2,18-3)19-4/h23,26,32,34,36H,16-20,22,25,27-30H2,1-15H3/b26-23+/t32?,34-,36-,39?/m1/s1. The lowest BCUT2D eigenvalue weighted by molar-refractivity contribution is -0.149. The molecule has 4 atom stereocenters. The number of ether oxygens (including phenoxy) is 2. The maximum atomic E-state index is 11.9. The average Bonchev–Trinajstić information content (AvgIpc) is 3.29. The molecule has 0 aromatic rings. The van der Waals surface area contributed by atoms with Gasteiger partial charge >= 0.3 is 11.9 Å². The molecule has 0 fully saturated rings. The number of methoxy groups -OCH3 is 1. The molecule has 0 saturated heterocycles. The third kappa shape index (κ3) is 15.2. The van der Waals surface area contributed by atoms with Gasteiger partial charge in [0.25, 0.3) is 0 Å². The first-order chi connectivity index (χ1) is 22.6. The van der Waals surface area contributed by atoms with Gasteiger partial charge in [-0.25, -0.2) is 0 Å². The van der Waals surface area contributed by atoms with Crippen molar-refractivity contribution in [1.82, 2.24) is 0 Å². The van der Waals surface area contributed by atoms with Crippen LogP contribution in [0.5, 0.6) is 0 Å². The molecule has 0 aromatic carbocycles. The fourth-order valence-corrected chi connectivity index (χ4v) is 12.0. The lowest BCUT2D eigenvalue weighted by Crippen LogP contribution is -2.42. The molecule has 0 aliphatic heterocycles. The molecule has 0 saturated carbocycles. The molecular formula is C39H72O7Si3. The molecular weight excluding hydrogens is 665 g/mol. The highest BCUT2D eigenvalue weighted by molar-refractivity contribution is 6.74. The van der Waals surface area contributed by atoms with Crippen molar-refractivity contribution in [1.29, 1.82) is 0 Å². The van der Waals surface area contributed by atoms with E-state index < -0.39 is 43.0 Å². The summed E-state index contributed by atoms with van der Waals surface area (Å²) in [7, 11) is -4.53. The van der Waals surface area contributed by atoms with Crippen molar-refractivity contribution in [3.8, 4) is 11.8 Å². The zero-order valence-electron chi connectivity index (χ0n) is 34.0. The summed E-state index contributed by atoms with van der Waals surface area (Å²) in [4.78, 5) is 23.7. The van der Waals surface area contributed by atoms with Gasteiger partial charge in [0.2, 0.25) is 8.32 Å². The Morgan fingerprint density at radius 1 is 1.00 bits per heavy atom. The molecule has 0 spiro atoms. The molecule has 10 heteroatoms. The number of hydrogen-bond donors (Lipinski definition) is 0. The van der Waals surface area contributed by atoms with Crippen molar-refractivity contribution in [3.05, 3.63) is 23.5 Å². The van der Waals surface area contributed by atoms with Gasteiger partial charge < -0.3 is 22.8 Å². The molecule has 282 valence electrons. The van der Waals surface area contributed by atoms with E-state index in [1.807, 2.05) is 0 Å². The van der Waals surface area contributed by atoms with E-state index >= 15 is 0 Å². The third-order valence-electron chi connectivity index (χ3n) is 10.2. The van der Waals surface area contributed by atoms with Crippen LogP contribution in [0.15, 0.2) is 23.5 Å². The number of unbranched alkanes of at least 4 members (excludes halogenated alkanes) is 1. The van der Waals surface area contributed by atoms with Gasteiger partial charge in [-0.05, 0) is 87.7 Å². The first-order valence-corrected chi connectivity index (χ1v) is 27.6. The van der Waals surface area contributed by atoms with Gasteiger partial charge in [0.1, 0.15) is 0 Å². The zero-order valence-corrected chi connectivity index (χ0v) is 37.0. The molecule has 2 unspecified atom stereocenters. The molecule has 1 rings (SSSR count). The molecule has 0 bridgehead atoms. The lowest BCUT2D eigenvalue weighted by atomic mass is 9.91. The lowest BCUT2D eigenvalue weighted by Gasteiger charge is -2.37. The highest BCUT2D eigenvalue weighted by Crippen LogP contribution is 2.46. The van der Waals surface area contributed by atoms with Gasteiger partial charge in [-0.15, -0.1) is 0 Å². The maximum Gasteiger partial charge on any atom is 0.310 e. The largest absolute Gasteiger partial charge is 0.546 e. The third-order valence-corrected chi connectivity index (χ3v) is 20.4. The highest BCUT2D eigenvalue weighted by atomic mass is 28.4. The van der Waals surface area contributed by atoms with E-state index in [4.69, 9.17) is 22.8 Å². The van der Waals surface area contributed by atoms with Gasteiger partial charge in [-0.3, -0.25) is 9.59 Å². The minimum atomic E-state index is -2.15. The second-order valence-electron chi connectivity index (χ2n) is 16.5. The Hall–Kier alpha value is -1.65. The molecule has 1 aliphatic rings. The highest BCUT2D eigenvalue weighted by Gasteiger charge is 2.45. The van der Waals surface area contributed by atoms with Crippen molar-refractivity contribution in [2.45, 2.75) is 187 Å². The van der Waals surface area contributed by atoms with Crippen LogP contribution in [-0.4, -0.2) is 61.8 Å². The summed E-state index contributed by atoms with van der Waals surface area (Å²) >= 11 is 0. The summed E-state index contributed by atoms with van der Waals surface area (Å²) < 4.78 is 31.4. The molecule has 0 aromatic heterocycles. The summed E-state index contributed by atoms with van der Waals surface area (Å²) in [6.45, 7) is 31.0. The van der Waals surface area contributed by atoms with E-state index in [0.717, 1.165) is 56.0 Å². The normalized spacial score (nSPS) is 19.3. The SMILES string of the molecule is CCCCC(C)(C/C=C/[C@@H]1C(CCC#CC(CC(=O)OC)OC(C)=O)=C(O[Si](C)(C)C(C)(C)C)C[C@H]1O[Si](CC)(CC)CC)O[Si](C)(C)C. The van der Waals surface area contributed by atoms with Crippen LogP contribution in [0.25, 0.3) is 0 Å². The Kier molecular flexibility index (Phi) is 18.4. The molecule has 0 N–H and O–H groups in total. The Morgan fingerprint density at radius 2 is 1.61 bits per heavy atom. The fraction of sp³-hybridized carbons (Fsp3) is 0.795. The Labute approximate surface area is 304 Å². The molecule has 0 amide bonds. The fourth-order valence-electron chi connectivity index (χ4n) is 6.29. The van der Waals surface area contributed by atoms with Gasteiger partial charge in [0.15, 0.2) is 22.7 Å². The van der Waals surface area contributed by atoms with E-state index in [-0.39, 0.29) is 29.1 Å². The molecule has 0 radical (unpaired) electrons. The summed E-state index contributed by atoms with van der Waals surface area (Å²) in [6, 6.07) is 3.26. The van der Waals surface area contributed by atoms with Crippen LogP contribution in [-0.2, 0) is 32.3 Å². The topological polar surface area (TPSA) is 80.3 Å². The van der Waals surface area contributed by atoms with E-state index in [0.29, 0.717) is 12.8 Å². The van der Waals surface area contributed by atoms with Crippen LogP contribution in [0.2, 0.25) is 55.9 Å². The van der Waals surface area contributed by atoms with E-state index in [1.165, 1.54) is 19.6 Å². The van der Waals surface area contributed by atoms with Gasteiger partial charge in [0.05, 0.1) is 31.0 Å². The van der Waals surface area contributed by atoms with E-state index in [1.54, 1.807) is 0 Å². The molecule has 7 nitrogen and oxygen atoms in total. The second-order valence-corrected chi connectivity index (χ2v) is 30.4. The predicted octanol–water partition coefficient (Wildman–Crippen LogP) is 10.7. The monoisotopic (exact) mass is 736 g/mol. The Balaban J connectivity index is 3.69. The number of carbonyl (C=O) groups is 2. The predicted molar refractivity (Wildman–Crippen MR) is 211 cm³/mol. The van der Waals surface area contributed by atoms with E-state index in [2.05, 4.69) is 112 Å². The van der Waals surface area contributed by atoms with Crippen LogP contribution in [0.1, 0.15) is 114 Å². The van der Waals surface area contributed by atoms with E-state index in [9.17, 15) is 9.59 Å². The first-order valence-electron chi connectivity index (χ1n) is 18.8. The minimum Gasteiger partial charge on any atom is -0.546 e. The van der Waals surface area contributed by atoms with Gasteiger partial charge in [0, 0.05) is 25.7 Å². The van der Waals surface area contributed by atoms with Crippen LogP contribution in [0, 0.1) is 17.8 Å². The van der Waals surface area contributed by atoms with Crippen molar-refractivity contribution >= 4 is 36.9 Å². The number of rotatable bonds is 20. The molecule has 1 aliphatic carbocycles. The summed E-state index contributed by atoms with van der Waals surface area (Å²) in [5.74, 6) is 6.44. The summed E-state index contributed by atoms with van der Waals surface area (Å²) in [5, 5.41) is 0.0460. The van der Waals surface area contributed by atoms with Crippen molar-refractivity contribution in [2.75, 3.05) is 7.11 Å². The maximum absolute atomic E-state index is 11.9. The van der Waals surface area contributed by atoms with Gasteiger partial charge in [-0.1, -0.05) is 85.3 Å². The molecule has 49 heavy (non-hydrogen) atoms. The molecule has 0 heterocycles. The minimum absolute atomic E-state index is 0.0124. The number of carbonyl (C=O) groups excluding carboxylic acids is 2. The summed E-state index contributed by atoms with van der Waals surface area (Å²) in [6.07, 6.45) is 9.98. The van der Waals surface area contributed by atoms with Crippen LogP contribution < -0.4 is 0 Å². The van der Waals surface area contributed by atoms with Crippen LogP contribution in [0.3, 0.4) is 0 Å². The Bertz CT molecular complexity index is 1170. The second kappa shape index (κ2) is 19.8. The van der Waals surface area contributed by atoms with Crippen molar-refractivity contribution in [3.63, 3.8) is 0 Å². The quantitative estimate of drug-likeness (QED) is 0.0533. The van der Waals surface area contributed by atoms with Gasteiger partial charge in [-0.2, -0.15) is 0 Å². The van der Waals surface area contributed by atoms with Crippen LogP contribution in [0.4, 0.5) is 0 Å².